The Hall–Kier alpha value is -0.950. The second-order valence-corrected chi connectivity index (χ2v) is 6.97. The van der Waals surface area contributed by atoms with Crippen molar-refractivity contribution in [3.8, 4) is 0 Å². The molecular weight excluding hydrogens is 262 g/mol. The van der Waals surface area contributed by atoms with Crippen molar-refractivity contribution in [2.75, 3.05) is 40.3 Å². The maximum absolute atomic E-state index is 12.4. The Morgan fingerprint density at radius 2 is 1.74 bits per heavy atom. The van der Waals surface area contributed by atoms with E-state index in [0.717, 1.165) is 25.2 Å². The van der Waals surface area contributed by atoms with Crippen molar-refractivity contribution < 1.29 is 8.42 Å². The molecule has 0 bridgehead atoms. The van der Waals surface area contributed by atoms with Gasteiger partial charge in [0.25, 0.3) is 0 Å². The summed E-state index contributed by atoms with van der Waals surface area (Å²) >= 11 is 0. The van der Waals surface area contributed by atoms with E-state index >= 15 is 0 Å². The van der Waals surface area contributed by atoms with Crippen molar-refractivity contribution >= 4 is 10.0 Å². The van der Waals surface area contributed by atoms with Crippen LogP contribution in [0.4, 0.5) is 0 Å². The third-order valence-electron chi connectivity index (χ3n) is 3.14. The molecule has 0 saturated carbocycles. The molecular formula is C13H21N3O2S. The fourth-order valence-corrected chi connectivity index (χ4v) is 3.61. The summed E-state index contributed by atoms with van der Waals surface area (Å²) in [5, 5.41) is 3.16. The number of nitrogens with one attached hydrogen (secondary N) is 1. The summed E-state index contributed by atoms with van der Waals surface area (Å²) in [6.45, 7) is 3.34. The highest BCUT2D eigenvalue weighted by molar-refractivity contribution is 7.89. The lowest BCUT2D eigenvalue weighted by molar-refractivity contribution is 0.360. The minimum absolute atomic E-state index is 0.386. The first-order chi connectivity index (χ1) is 9.00. The molecule has 1 heterocycles. The van der Waals surface area contributed by atoms with E-state index in [1.54, 1.807) is 16.4 Å². The maximum Gasteiger partial charge on any atom is 0.243 e. The van der Waals surface area contributed by atoms with Crippen molar-refractivity contribution in [3.63, 3.8) is 0 Å². The molecule has 1 fully saturated rings. The lowest BCUT2D eigenvalue weighted by Gasteiger charge is -2.26. The first kappa shape index (κ1) is 14.5. The van der Waals surface area contributed by atoms with Gasteiger partial charge in [-0.15, -0.1) is 0 Å². The Labute approximate surface area is 115 Å². The van der Waals surface area contributed by atoms with Gasteiger partial charge >= 0.3 is 0 Å². The van der Waals surface area contributed by atoms with E-state index in [4.69, 9.17) is 0 Å². The fraction of sp³-hybridized carbons (Fsp3) is 0.538. The summed E-state index contributed by atoms with van der Waals surface area (Å²) in [4.78, 5) is 2.44. The van der Waals surface area contributed by atoms with Crippen LogP contribution in [0.3, 0.4) is 0 Å². The van der Waals surface area contributed by atoms with Crippen LogP contribution in [0, 0.1) is 0 Å². The SMILES string of the molecule is CN(C)Cc1ccc(S(=O)(=O)N2CCNCC2)cc1. The normalized spacial score (nSPS) is 17.8. The molecule has 106 valence electrons. The molecule has 2 rings (SSSR count). The van der Waals surface area contributed by atoms with E-state index in [1.165, 1.54) is 0 Å². The molecule has 0 aromatic heterocycles. The first-order valence-electron chi connectivity index (χ1n) is 6.45. The summed E-state index contributed by atoms with van der Waals surface area (Å²) in [5.74, 6) is 0. The Kier molecular flexibility index (Phi) is 4.57. The number of benzene rings is 1. The van der Waals surface area contributed by atoms with Crippen LogP contribution in [0.2, 0.25) is 0 Å². The highest BCUT2D eigenvalue weighted by atomic mass is 32.2. The quantitative estimate of drug-likeness (QED) is 0.866. The van der Waals surface area contributed by atoms with Crippen LogP contribution in [0.15, 0.2) is 29.2 Å². The van der Waals surface area contributed by atoms with Gasteiger partial charge in [0.2, 0.25) is 10.0 Å². The topological polar surface area (TPSA) is 52.7 Å². The van der Waals surface area contributed by atoms with E-state index in [1.807, 2.05) is 26.2 Å². The fourth-order valence-electron chi connectivity index (χ4n) is 2.17. The van der Waals surface area contributed by atoms with Crippen molar-refractivity contribution in [2.24, 2.45) is 0 Å². The van der Waals surface area contributed by atoms with Gasteiger partial charge < -0.3 is 10.2 Å². The minimum atomic E-state index is -3.33. The van der Waals surface area contributed by atoms with Crippen LogP contribution in [-0.2, 0) is 16.6 Å². The molecule has 0 unspecified atom stereocenters. The molecule has 1 aliphatic rings. The Balaban J connectivity index is 2.16. The van der Waals surface area contributed by atoms with Gasteiger partial charge in [-0.3, -0.25) is 0 Å². The molecule has 5 nitrogen and oxygen atoms in total. The maximum atomic E-state index is 12.4. The second kappa shape index (κ2) is 6.00. The van der Waals surface area contributed by atoms with Gasteiger partial charge in [-0.2, -0.15) is 4.31 Å². The highest BCUT2D eigenvalue weighted by Gasteiger charge is 2.25. The monoisotopic (exact) mass is 283 g/mol. The van der Waals surface area contributed by atoms with Crippen molar-refractivity contribution in [2.45, 2.75) is 11.4 Å². The standard InChI is InChI=1S/C13H21N3O2S/c1-15(2)11-12-3-5-13(6-4-12)19(17,18)16-9-7-14-8-10-16/h3-6,14H,7-11H2,1-2H3. The van der Waals surface area contributed by atoms with Crippen LogP contribution < -0.4 is 5.32 Å². The second-order valence-electron chi connectivity index (χ2n) is 5.04. The van der Waals surface area contributed by atoms with Gasteiger partial charge in [0.05, 0.1) is 4.90 Å². The number of piperazine rings is 1. The zero-order chi connectivity index (χ0) is 13.9. The molecule has 0 aliphatic carbocycles. The number of hydrogen-bond acceptors (Lipinski definition) is 4. The summed E-state index contributed by atoms with van der Waals surface area (Å²) in [6, 6.07) is 7.18. The predicted octanol–water partition coefficient (Wildman–Crippen LogP) is 0.342. The molecule has 0 atom stereocenters. The van der Waals surface area contributed by atoms with Gasteiger partial charge in [0.1, 0.15) is 0 Å². The van der Waals surface area contributed by atoms with Crippen LogP contribution in [0.5, 0.6) is 0 Å². The van der Waals surface area contributed by atoms with E-state index in [9.17, 15) is 8.42 Å². The molecule has 1 N–H and O–H groups in total. The zero-order valence-electron chi connectivity index (χ0n) is 11.5. The molecule has 0 radical (unpaired) electrons. The van der Waals surface area contributed by atoms with E-state index < -0.39 is 10.0 Å². The summed E-state index contributed by atoms with van der Waals surface area (Å²) in [6.07, 6.45) is 0. The van der Waals surface area contributed by atoms with Gasteiger partial charge in [-0.05, 0) is 31.8 Å². The van der Waals surface area contributed by atoms with Crippen LogP contribution in [0.25, 0.3) is 0 Å². The number of hydrogen-bond donors (Lipinski definition) is 1. The van der Waals surface area contributed by atoms with Crippen LogP contribution in [-0.4, -0.2) is 57.9 Å². The smallest absolute Gasteiger partial charge is 0.243 e. The summed E-state index contributed by atoms with van der Waals surface area (Å²) < 4.78 is 26.4. The molecule has 1 saturated heterocycles. The number of nitrogens with zero attached hydrogens (tertiary/aromatic N) is 2. The van der Waals surface area contributed by atoms with Gasteiger partial charge in [0.15, 0.2) is 0 Å². The lowest BCUT2D eigenvalue weighted by Crippen LogP contribution is -2.46. The summed E-state index contributed by atoms with van der Waals surface area (Å²) in [5.41, 5.74) is 1.12. The molecule has 0 amide bonds. The molecule has 19 heavy (non-hydrogen) atoms. The third kappa shape index (κ3) is 3.54. The van der Waals surface area contributed by atoms with E-state index in [2.05, 4.69) is 10.2 Å². The van der Waals surface area contributed by atoms with Crippen molar-refractivity contribution in [1.82, 2.24) is 14.5 Å². The zero-order valence-corrected chi connectivity index (χ0v) is 12.3. The van der Waals surface area contributed by atoms with Crippen molar-refractivity contribution in [3.05, 3.63) is 29.8 Å². The van der Waals surface area contributed by atoms with E-state index in [0.29, 0.717) is 18.0 Å². The van der Waals surface area contributed by atoms with Crippen molar-refractivity contribution in [1.29, 1.82) is 0 Å². The molecule has 6 heteroatoms. The Bertz CT molecular complexity index is 505. The molecule has 1 aliphatic heterocycles. The highest BCUT2D eigenvalue weighted by Crippen LogP contribution is 2.17. The van der Waals surface area contributed by atoms with Gasteiger partial charge in [-0.1, -0.05) is 12.1 Å². The number of rotatable bonds is 4. The van der Waals surface area contributed by atoms with Gasteiger partial charge in [0, 0.05) is 32.7 Å². The Morgan fingerprint density at radius 1 is 1.16 bits per heavy atom. The third-order valence-corrected chi connectivity index (χ3v) is 5.05. The van der Waals surface area contributed by atoms with Gasteiger partial charge in [-0.25, -0.2) is 8.42 Å². The largest absolute Gasteiger partial charge is 0.314 e. The van der Waals surface area contributed by atoms with Crippen LogP contribution in [0.1, 0.15) is 5.56 Å². The van der Waals surface area contributed by atoms with Crippen LogP contribution >= 0.6 is 0 Å². The average molecular weight is 283 g/mol. The summed E-state index contributed by atoms with van der Waals surface area (Å²) in [7, 11) is 0.655. The minimum Gasteiger partial charge on any atom is -0.314 e. The molecule has 1 aromatic carbocycles. The van der Waals surface area contributed by atoms with E-state index in [-0.39, 0.29) is 0 Å². The number of sulfonamides is 1. The molecule has 1 aromatic rings. The molecule has 0 spiro atoms. The average Bonchev–Trinajstić information content (AvgIpc) is 2.40. The first-order valence-corrected chi connectivity index (χ1v) is 7.89. The predicted molar refractivity (Wildman–Crippen MR) is 75.5 cm³/mol. The lowest BCUT2D eigenvalue weighted by atomic mass is 10.2. The Morgan fingerprint density at radius 3 is 2.26 bits per heavy atom.